The first-order valence-electron chi connectivity index (χ1n) is 5.53. The number of hydrogen-bond acceptors (Lipinski definition) is 0. The van der Waals surface area contributed by atoms with Gasteiger partial charge in [0.2, 0.25) is 0 Å². The number of rotatable bonds is 4. The molecule has 15 heavy (non-hydrogen) atoms. The monoisotopic (exact) mass is 191 g/mol. The number of hydrogen-bond donors (Lipinski definition) is 0. The molecule has 0 N–H and O–H groups in total. The summed E-state index contributed by atoms with van der Waals surface area (Å²) in [6.07, 6.45) is 2.35. The average molecular weight is 191 g/mol. The van der Waals surface area contributed by atoms with E-state index in [-0.39, 0.29) is 0 Å². The molecule has 0 fully saturated rings. The van der Waals surface area contributed by atoms with E-state index in [4.69, 9.17) is 0 Å². The van der Waals surface area contributed by atoms with Gasteiger partial charge in [-0.2, -0.15) is 0 Å². The van der Waals surface area contributed by atoms with E-state index in [2.05, 4.69) is 60.7 Å². The Morgan fingerprint density at radius 3 is 1.40 bits per heavy atom. The molecule has 0 radical (unpaired) electrons. The zero-order valence-electron chi connectivity index (χ0n) is 8.89. The molecule has 2 rings (SSSR count). The molecule has 72 valence electrons. The first-order chi connectivity index (χ1) is 7.45. The van der Waals surface area contributed by atoms with Crippen LogP contribution >= 0.6 is 0 Å². The summed E-state index contributed by atoms with van der Waals surface area (Å²) in [4.78, 5) is 0. The first kappa shape index (κ1) is 10.1. The minimum absolute atomic E-state index is 1.18. The van der Waals surface area contributed by atoms with Crippen molar-refractivity contribution in [1.29, 1.82) is 0 Å². The Hall–Kier alpha value is -1.39. The molecule has 0 unspecified atom stereocenters. The van der Waals surface area contributed by atoms with Crippen molar-refractivity contribution in [3.05, 3.63) is 71.8 Å². The van der Waals surface area contributed by atoms with Crippen LogP contribution in [0, 0.1) is 0 Å². The van der Waals surface area contributed by atoms with E-state index < -0.39 is 0 Å². The van der Waals surface area contributed by atoms with Gasteiger partial charge in [-0.25, -0.2) is 0 Å². The Morgan fingerprint density at radius 1 is 0.600 bits per heavy atom. The quantitative estimate of drug-likeness (QED) is 0.651. The second kappa shape index (κ2) is 5.48. The van der Waals surface area contributed by atoms with Crippen LogP contribution in [0.1, 0.15) is 11.1 Å². The zero-order chi connectivity index (χ0) is 10.3. The summed E-state index contributed by atoms with van der Waals surface area (Å²) in [5.74, 6) is 0. The Morgan fingerprint density at radius 2 is 1.00 bits per heavy atom. The molecule has 2 aromatic carbocycles. The van der Waals surface area contributed by atoms with Gasteiger partial charge in [-0.1, -0.05) is 0 Å². The van der Waals surface area contributed by atoms with Gasteiger partial charge in [0.25, 0.3) is 0 Å². The van der Waals surface area contributed by atoms with Crippen molar-refractivity contribution in [2.45, 2.75) is 12.3 Å². The molecule has 1 heteroatoms. The van der Waals surface area contributed by atoms with Gasteiger partial charge in [0.1, 0.15) is 0 Å². The topological polar surface area (TPSA) is 0 Å². The summed E-state index contributed by atoms with van der Waals surface area (Å²) in [6.45, 7) is 0. The van der Waals surface area contributed by atoms with Gasteiger partial charge in [0.15, 0.2) is 0 Å². The summed E-state index contributed by atoms with van der Waals surface area (Å²) in [7, 11) is 1.23. The van der Waals surface area contributed by atoms with Crippen LogP contribution in [0.4, 0.5) is 0 Å². The third-order valence-corrected chi connectivity index (χ3v) is 2.62. The third-order valence-electron chi connectivity index (χ3n) is 2.62. The van der Waals surface area contributed by atoms with Crippen LogP contribution in [-0.4, -0.2) is 8.78 Å². The predicted octanol–water partition coefficient (Wildman–Crippen LogP) is 3.09. The molecule has 0 amide bonds. The molecule has 2 aromatic rings. The molecule has 0 spiro atoms. The van der Waals surface area contributed by atoms with Crippen molar-refractivity contribution in [2.75, 3.05) is 0 Å². The summed E-state index contributed by atoms with van der Waals surface area (Å²) in [6, 6.07) is 21.4. The fourth-order valence-electron chi connectivity index (χ4n) is 1.79. The van der Waals surface area contributed by atoms with Crippen LogP contribution in [0.5, 0.6) is 0 Å². The van der Waals surface area contributed by atoms with Crippen LogP contribution in [0.3, 0.4) is 0 Å². The molecule has 0 aliphatic heterocycles. The average Bonchev–Trinajstić information content (AvgIpc) is 2.32. The molecule has 0 aliphatic carbocycles. The van der Waals surface area contributed by atoms with E-state index in [1.165, 1.54) is 32.2 Å². The van der Waals surface area contributed by atoms with E-state index in [1.54, 1.807) is 0 Å². The predicted molar refractivity (Wildman–Crippen MR) is 66.0 cm³/mol. The Balaban J connectivity index is 1.81. The van der Waals surface area contributed by atoms with Crippen LogP contribution in [0.25, 0.3) is 0 Å². The fraction of sp³-hybridized carbons (Fsp3) is 0.143. The normalized spacial score (nSPS) is 9.60. The van der Waals surface area contributed by atoms with Crippen LogP contribution in [-0.2, 0) is 12.3 Å². The molecule has 0 heterocycles. The van der Waals surface area contributed by atoms with Gasteiger partial charge in [-0.15, -0.1) is 0 Å². The third kappa shape index (κ3) is 3.34. The van der Waals surface area contributed by atoms with Crippen LogP contribution in [0.15, 0.2) is 60.7 Å². The van der Waals surface area contributed by atoms with Crippen molar-refractivity contribution >= 4 is 8.78 Å². The summed E-state index contributed by atoms with van der Waals surface area (Å²) in [5.41, 5.74) is 2.88. The zero-order valence-corrected chi connectivity index (χ0v) is 8.89. The molecule has 0 nitrogen and oxygen atoms in total. The van der Waals surface area contributed by atoms with Gasteiger partial charge < -0.3 is 0 Å². The van der Waals surface area contributed by atoms with Crippen LogP contribution < -0.4 is 0 Å². The molecule has 0 saturated carbocycles. The van der Waals surface area contributed by atoms with Crippen molar-refractivity contribution < 1.29 is 0 Å². The van der Waals surface area contributed by atoms with Crippen molar-refractivity contribution in [3.63, 3.8) is 0 Å². The van der Waals surface area contributed by atoms with Gasteiger partial charge in [0, 0.05) is 0 Å². The molecule has 0 aromatic heterocycles. The van der Waals surface area contributed by atoms with Gasteiger partial charge in [0.05, 0.1) is 0 Å². The van der Waals surface area contributed by atoms with Crippen molar-refractivity contribution in [3.8, 4) is 0 Å². The minimum atomic E-state index is 1.18. The first-order valence-corrected chi connectivity index (χ1v) is 5.53. The van der Waals surface area contributed by atoms with Crippen LogP contribution in [0.2, 0.25) is 0 Å². The maximum absolute atomic E-state index is 2.20. The maximum atomic E-state index is 2.20. The van der Waals surface area contributed by atoms with Gasteiger partial charge in [-0.05, 0) is 0 Å². The summed E-state index contributed by atoms with van der Waals surface area (Å²) in [5, 5.41) is 0. The van der Waals surface area contributed by atoms with E-state index in [1.807, 2.05) is 0 Å². The second-order valence-corrected chi connectivity index (χ2v) is 3.82. The summed E-state index contributed by atoms with van der Waals surface area (Å²) >= 11 is 0. The molecule has 0 saturated heterocycles. The standard InChI is InChI=1S/2C7H7.Be/c2*1-7-5-3-2-4-6-7;/h2*2-6H,1H2;. The SMILES string of the molecule is [Be]([CH2]c1ccccc1)[CH2]c1ccccc1. The Bertz CT molecular complexity index is 341. The van der Waals surface area contributed by atoms with E-state index in [9.17, 15) is 0 Å². The van der Waals surface area contributed by atoms with Gasteiger partial charge in [-0.3, -0.25) is 0 Å². The Kier molecular flexibility index (Phi) is 3.70. The summed E-state index contributed by atoms with van der Waals surface area (Å²) < 4.78 is 0. The Labute approximate surface area is 93.3 Å². The molecule has 0 bridgehead atoms. The van der Waals surface area contributed by atoms with E-state index >= 15 is 0 Å². The molecule has 0 atom stereocenters. The number of benzene rings is 2. The molecule has 0 aliphatic rings. The van der Waals surface area contributed by atoms with Gasteiger partial charge >= 0.3 is 92.8 Å². The fourth-order valence-corrected chi connectivity index (χ4v) is 1.79. The molecular weight excluding hydrogens is 177 g/mol. The second-order valence-electron chi connectivity index (χ2n) is 3.82. The molecular formula is C14H14Be. The van der Waals surface area contributed by atoms with E-state index in [0.29, 0.717) is 0 Å². The van der Waals surface area contributed by atoms with Crippen molar-refractivity contribution in [2.24, 2.45) is 0 Å². The van der Waals surface area contributed by atoms with Crippen molar-refractivity contribution in [1.82, 2.24) is 0 Å². The van der Waals surface area contributed by atoms with E-state index in [0.717, 1.165) is 0 Å².